The summed E-state index contributed by atoms with van der Waals surface area (Å²) in [7, 11) is 1.72. The van der Waals surface area contributed by atoms with Gasteiger partial charge in [0.25, 0.3) is 0 Å². The molecule has 1 aliphatic carbocycles. The van der Waals surface area contributed by atoms with Crippen molar-refractivity contribution in [1.29, 1.82) is 0 Å². The highest BCUT2D eigenvalue weighted by Gasteiger charge is 2.37. The van der Waals surface area contributed by atoms with Gasteiger partial charge >= 0.3 is 0 Å². The molecule has 1 aliphatic rings. The molecule has 0 bridgehead atoms. The number of benzene rings is 1. The molecule has 0 heterocycles. The van der Waals surface area contributed by atoms with Crippen LogP contribution >= 0.6 is 0 Å². The van der Waals surface area contributed by atoms with Crippen LogP contribution in [0.25, 0.3) is 0 Å². The van der Waals surface area contributed by atoms with Gasteiger partial charge in [0.2, 0.25) is 0 Å². The third kappa shape index (κ3) is 2.78. The molecule has 1 nitrogen and oxygen atoms in total. The normalized spacial score (nSPS) is 23.1. The molecule has 1 fully saturated rings. The fourth-order valence-electron chi connectivity index (χ4n) is 2.48. The fraction of sp³-hybridized carbons (Fsp3) is 0.600. The molecule has 0 radical (unpaired) electrons. The number of hydrogen-bond acceptors (Lipinski definition) is 1. The van der Waals surface area contributed by atoms with Gasteiger partial charge in [-0.25, -0.2) is 0 Å². The van der Waals surface area contributed by atoms with E-state index >= 15 is 0 Å². The van der Waals surface area contributed by atoms with Crippen LogP contribution in [-0.4, -0.2) is 7.11 Å². The highest BCUT2D eigenvalue weighted by molar-refractivity contribution is 5.32. The van der Waals surface area contributed by atoms with Crippen LogP contribution in [0, 0.1) is 5.92 Å². The molecule has 2 unspecified atom stereocenters. The van der Waals surface area contributed by atoms with Gasteiger partial charge in [0.15, 0.2) is 0 Å². The smallest absolute Gasteiger partial charge is 0.118 e. The van der Waals surface area contributed by atoms with Crippen molar-refractivity contribution in [3.63, 3.8) is 0 Å². The monoisotopic (exact) mass is 218 g/mol. The largest absolute Gasteiger partial charge is 0.497 e. The first-order valence-corrected chi connectivity index (χ1v) is 6.49. The van der Waals surface area contributed by atoms with Gasteiger partial charge in [0.1, 0.15) is 5.75 Å². The van der Waals surface area contributed by atoms with E-state index in [1.165, 1.54) is 37.7 Å². The third-order valence-electron chi connectivity index (χ3n) is 3.65. The lowest BCUT2D eigenvalue weighted by molar-refractivity contribution is 0.414. The molecule has 0 amide bonds. The number of methoxy groups -OCH3 is 1. The second kappa shape index (κ2) is 5.38. The van der Waals surface area contributed by atoms with E-state index in [2.05, 4.69) is 31.2 Å². The van der Waals surface area contributed by atoms with E-state index in [4.69, 9.17) is 4.74 Å². The maximum Gasteiger partial charge on any atom is 0.118 e. The molecule has 2 rings (SSSR count). The summed E-state index contributed by atoms with van der Waals surface area (Å²) in [5.74, 6) is 2.76. The highest BCUT2D eigenvalue weighted by Crippen LogP contribution is 2.50. The van der Waals surface area contributed by atoms with Gasteiger partial charge in [-0.1, -0.05) is 38.3 Å². The van der Waals surface area contributed by atoms with Gasteiger partial charge in [0, 0.05) is 0 Å². The van der Waals surface area contributed by atoms with E-state index in [9.17, 15) is 0 Å². The minimum atomic E-state index is 0.836. The van der Waals surface area contributed by atoms with Crippen molar-refractivity contribution in [3.05, 3.63) is 29.8 Å². The van der Waals surface area contributed by atoms with E-state index < -0.39 is 0 Å². The van der Waals surface area contributed by atoms with Crippen LogP contribution in [0.2, 0.25) is 0 Å². The van der Waals surface area contributed by atoms with Gasteiger partial charge < -0.3 is 4.74 Å². The zero-order chi connectivity index (χ0) is 11.4. The summed E-state index contributed by atoms with van der Waals surface area (Å²) in [6.07, 6.45) is 6.96. The van der Waals surface area contributed by atoms with Gasteiger partial charge in [-0.05, 0) is 42.4 Å². The van der Waals surface area contributed by atoms with Crippen molar-refractivity contribution in [2.45, 2.75) is 44.9 Å². The predicted octanol–water partition coefficient (Wildman–Crippen LogP) is 4.38. The van der Waals surface area contributed by atoms with E-state index in [-0.39, 0.29) is 0 Å². The first kappa shape index (κ1) is 11.5. The summed E-state index contributed by atoms with van der Waals surface area (Å²) in [5.41, 5.74) is 1.50. The number of ether oxygens (including phenoxy) is 1. The average Bonchev–Trinajstić information content (AvgIpc) is 3.09. The van der Waals surface area contributed by atoms with E-state index in [0.717, 1.165) is 17.6 Å². The average molecular weight is 218 g/mol. The predicted molar refractivity (Wildman–Crippen MR) is 68.0 cm³/mol. The topological polar surface area (TPSA) is 9.23 Å². The highest BCUT2D eigenvalue weighted by atomic mass is 16.5. The lowest BCUT2D eigenvalue weighted by Crippen LogP contribution is -1.86. The fourth-order valence-corrected chi connectivity index (χ4v) is 2.48. The van der Waals surface area contributed by atoms with Crippen molar-refractivity contribution in [3.8, 4) is 5.75 Å². The Bertz CT molecular complexity index is 315. The maximum atomic E-state index is 5.18. The Morgan fingerprint density at radius 3 is 2.56 bits per heavy atom. The summed E-state index contributed by atoms with van der Waals surface area (Å²) in [4.78, 5) is 0. The molecule has 0 saturated heterocycles. The first-order chi connectivity index (χ1) is 7.85. The zero-order valence-corrected chi connectivity index (χ0v) is 10.4. The first-order valence-electron chi connectivity index (χ1n) is 6.49. The van der Waals surface area contributed by atoms with Crippen LogP contribution in [0.15, 0.2) is 24.3 Å². The molecule has 0 aromatic heterocycles. The Balaban J connectivity index is 1.81. The molecule has 1 heteroatoms. The molecule has 88 valence electrons. The van der Waals surface area contributed by atoms with Gasteiger partial charge in [-0.3, -0.25) is 0 Å². The lowest BCUT2D eigenvalue weighted by Gasteiger charge is -2.03. The molecular weight excluding hydrogens is 196 g/mol. The molecule has 0 spiro atoms. The summed E-state index contributed by atoms with van der Waals surface area (Å²) >= 11 is 0. The summed E-state index contributed by atoms with van der Waals surface area (Å²) in [5, 5.41) is 0. The van der Waals surface area contributed by atoms with Gasteiger partial charge in [-0.2, -0.15) is 0 Å². The van der Waals surface area contributed by atoms with Crippen LogP contribution in [0.3, 0.4) is 0 Å². The summed E-state index contributed by atoms with van der Waals surface area (Å²) in [6, 6.07) is 8.61. The van der Waals surface area contributed by atoms with Crippen molar-refractivity contribution < 1.29 is 4.74 Å². The number of hydrogen-bond donors (Lipinski definition) is 0. The third-order valence-corrected chi connectivity index (χ3v) is 3.65. The van der Waals surface area contributed by atoms with E-state index in [1.54, 1.807) is 7.11 Å². The molecule has 1 aromatic rings. The maximum absolute atomic E-state index is 5.18. The molecular formula is C15H22O. The van der Waals surface area contributed by atoms with Gasteiger partial charge in [0.05, 0.1) is 7.11 Å². The van der Waals surface area contributed by atoms with E-state index in [0.29, 0.717) is 0 Å². The summed E-state index contributed by atoms with van der Waals surface area (Å²) < 4.78 is 5.18. The minimum absolute atomic E-state index is 0.836. The van der Waals surface area contributed by atoms with Crippen molar-refractivity contribution in [1.82, 2.24) is 0 Å². The second-order valence-electron chi connectivity index (χ2n) is 4.87. The Morgan fingerprint density at radius 1 is 1.19 bits per heavy atom. The van der Waals surface area contributed by atoms with Crippen LogP contribution in [0.5, 0.6) is 5.75 Å². The van der Waals surface area contributed by atoms with Crippen molar-refractivity contribution >= 4 is 0 Å². The molecule has 1 saturated carbocycles. The summed E-state index contributed by atoms with van der Waals surface area (Å²) in [6.45, 7) is 2.27. The van der Waals surface area contributed by atoms with Crippen LogP contribution in [0.1, 0.15) is 50.5 Å². The van der Waals surface area contributed by atoms with Gasteiger partial charge in [-0.15, -0.1) is 0 Å². The molecule has 2 atom stereocenters. The molecule has 0 aliphatic heterocycles. The lowest BCUT2D eigenvalue weighted by atomic mass is 10.1. The van der Waals surface area contributed by atoms with Crippen LogP contribution in [0.4, 0.5) is 0 Å². The molecule has 1 aromatic carbocycles. The molecule has 16 heavy (non-hydrogen) atoms. The Labute approximate surface area is 98.8 Å². The second-order valence-corrected chi connectivity index (χ2v) is 4.87. The van der Waals surface area contributed by atoms with Crippen LogP contribution < -0.4 is 4.74 Å². The SMILES string of the molecule is CCCCCC1CC1c1ccc(OC)cc1. The number of rotatable bonds is 6. The zero-order valence-electron chi connectivity index (χ0n) is 10.4. The van der Waals surface area contributed by atoms with E-state index in [1.807, 2.05) is 0 Å². The minimum Gasteiger partial charge on any atom is -0.497 e. The van der Waals surface area contributed by atoms with Crippen LogP contribution in [-0.2, 0) is 0 Å². The van der Waals surface area contributed by atoms with Crippen molar-refractivity contribution in [2.75, 3.05) is 7.11 Å². The van der Waals surface area contributed by atoms with Crippen molar-refractivity contribution in [2.24, 2.45) is 5.92 Å². The molecule has 0 N–H and O–H groups in total. The standard InChI is InChI=1S/C15H22O/c1-3-4-5-6-13-11-15(13)12-7-9-14(16-2)10-8-12/h7-10,13,15H,3-6,11H2,1-2H3. The Morgan fingerprint density at radius 2 is 1.94 bits per heavy atom. The number of unbranched alkanes of at least 4 members (excludes halogenated alkanes) is 2. The quantitative estimate of drug-likeness (QED) is 0.644. The Kier molecular flexibility index (Phi) is 3.87. The Hall–Kier alpha value is -0.980.